The Hall–Kier alpha value is -1.26. The molecule has 1 aromatic carbocycles. The fraction of sp³-hybridized carbons (Fsp3) is 0.273. The number of benzene rings is 1. The predicted octanol–water partition coefficient (Wildman–Crippen LogP) is 1.56. The van der Waals surface area contributed by atoms with Gasteiger partial charge in [-0.3, -0.25) is 0 Å². The molecule has 12 heavy (non-hydrogen) atoms. The van der Waals surface area contributed by atoms with E-state index >= 15 is 0 Å². The van der Waals surface area contributed by atoms with Crippen molar-refractivity contribution < 1.29 is 0 Å². The van der Waals surface area contributed by atoms with E-state index in [-0.39, 0.29) is 0 Å². The first kappa shape index (κ1) is 8.83. The largest absolute Gasteiger partial charge is 0.330 e. The van der Waals surface area contributed by atoms with Gasteiger partial charge in [-0.1, -0.05) is 18.1 Å². The van der Waals surface area contributed by atoms with Crippen LogP contribution in [0, 0.1) is 12.3 Å². The average molecular weight is 159 g/mol. The molecule has 0 aromatic heterocycles. The van der Waals surface area contributed by atoms with Gasteiger partial charge < -0.3 is 5.73 Å². The van der Waals surface area contributed by atoms with E-state index in [0.717, 1.165) is 24.9 Å². The number of hydrogen-bond acceptors (Lipinski definition) is 1. The number of terminal acetylenes is 1. The molecule has 0 bridgehead atoms. The summed E-state index contributed by atoms with van der Waals surface area (Å²) in [4.78, 5) is 0. The van der Waals surface area contributed by atoms with E-state index in [1.54, 1.807) is 0 Å². The van der Waals surface area contributed by atoms with E-state index in [0.29, 0.717) is 0 Å². The molecule has 0 saturated heterocycles. The molecule has 0 unspecified atom stereocenters. The third-order valence-corrected chi connectivity index (χ3v) is 1.76. The topological polar surface area (TPSA) is 26.0 Å². The van der Waals surface area contributed by atoms with Crippen molar-refractivity contribution in [2.45, 2.75) is 12.8 Å². The maximum atomic E-state index is 5.41. The lowest BCUT2D eigenvalue weighted by Gasteiger charge is -1.99. The van der Waals surface area contributed by atoms with Gasteiger partial charge >= 0.3 is 0 Å². The van der Waals surface area contributed by atoms with Crippen molar-refractivity contribution in [1.82, 2.24) is 0 Å². The Balaban J connectivity index is 2.68. The number of aryl methyl sites for hydroxylation is 1. The smallest absolute Gasteiger partial charge is 0.0245 e. The second-order valence-corrected chi connectivity index (χ2v) is 2.74. The van der Waals surface area contributed by atoms with Gasteiger partial charge in [-0.05, 0) is 37.1 Å². The minimum atomic E-state index is 0.736. The van der Waals surface area contributed by atoms with Gasteiger partial charge in [0.1, 0.15) is 0 Å². The van der Waals surface area contributed by atoms with Gasteiger partial charge in [0.05, 0.1) is 0 Å². The molecule has 2 N–H and O–H groups in total. The minimum absolute atomic E-state index is 0.736. The highest BCUT2D eigenvalue weighted by molar-refractivity contribution is 5.35. The maximum absolute atomic E-state index is 5.41. The van der Waals surface area contributed by atoms with Crippen LogP contribution in [0.5, 0.6) is 0 Å². The summed E-state index contributed by atoms with van der Waals surface area (Å²) < 4.78 is 0. The number of hydrogen-bond donors (Lipinski definition) is 1. The van der Waals surface area contributed by atoms with Crippen LogP contribution in [0.4, 0.5) is 0 Å². The van der Waals surface area contributed by atoms with Gasteiger partial charge in [-0.2, -0.15) is 0 Å². The van der Waals surface area contributed by atoms with Crippen molar-refractivity contribution >= 4 is 0 Å². The molecule has 1 rings (SSSR count). The van der Waals surface area contributed by atoms with Crippen molar-refractivity contribution in [3.05, 3.63) is 35.4 Å². The van der Waals surface area contributed by atoms with Gasteiger partial charge in [0.15, 0.2) is 0 Å². The molecule has 0 radical (unpaired) electrons. The van der Waals surface area contributed by atoms with Crippen molar-refractivity contribution in [2.24, 2.45) is 5.73 Å². The van der Waals surface area contributed by atoms with Crippen LogP contribution in [0.15, 0.2) is 24.3 Å². The fourth-order valence-electron chi connectivity index (χ4n) is 1.12. The van der Waals surface area contributed by atoms with Crippen LogP contribution >= 0.6 is 0 Å². The zero-order valence-electron chi connectivity index (χ0n) is 7.09. The minimum Gasteiger partial charge on any atom is -0.330 e. The average Bonchev–Trinajstić information content (AvgIpc) is 2.15. The summed E-state index contributed by atoms with van der Waals surface area (Å²) in [6.07, 6.45) is 7.31. The molecule has 62 valence electrons. The van der Waals surface area contributed by atoms with Crippen molar-refractivity contribution in [3.8, 4) is 12.3 Å². The quantitative estimate of drug-likeness (QED) is 0.665. The van der Waals surface area contributed by atoms with Gasteiger partial charge in [-0.25, -0.2) is 0 Å². The predicted molar refractivity (Wildman–Crippen MR) is 51.8 cm³/mol. The zero-order valence-corrected chi connectivity index (χ0v) is 7.09. The molecule has 0 saturated carbocycles. The lowest BCUT2D eigenvalue weighted by molar-refractivity contribution is 0.832. The zero-order chi connectivity index (χ0) is 8.81. The first-order chi connectivity index (χ1) is 5.86. The van der Waals surface area contributed by atoms with Gasteiger partial charge in [0.25, 0.3) is 0 Å². The third kappa shape index (κ3) is 2.41. The molecule has 0 atom stereocenters. The van der Waals surface area contributed by atoms with Crippen molar-refractivity contribution in [1.29, 1.82) is 0 Å². The maximum Gasteiger partial charge on any atom is 0.0245 e. The third-order valence-electron chi connectivity index (χ3n) is 1.76. The highest BCUT2D eigenvalue weighted by Gasteiger charge is 1.92. The molecule has 0 aliphatic carbocycles. The first-order valence-electron chi connectivity index (χ1n) is 4.12. The van der Waals surface area contributed by atoms with Gasteiger partial charge in [0, 0.05) is 5.56 Å². The summed E-state index contributed by atoms with van der Waals surface area (Å²) >= 11 is 0. The standard InChI is InChI=1S/C11H13N/c1-2-10-5-3-6-11(9-10)7-4-8-12/h1,3,5-6,9H,4,7-8,12H2. The number of nitrogens with two attached hydrogens (primary N) is 1. The molecule has 1 heteroatoms. The second kappa shape index (κ2) is 4.58. The van der Waals surface area contributed by atoms with Crippen LogP contribution < -0.4 is 5.73 Å². The summed E-state index contributed by atoms with van der Waals surface area (Å²) in [5.74, 6) is 2.61. The normalized spacial score (nSPS) is 9.33. The Kier molecular flexibility index (Phi) is 3.37. The van der Waals surface area contributed by atoms with Crippen molar-refractivity contribution in [2.75, 3.05) is 6.54 Å². The summed E-state index contributed by atoms with van der Waals surface area (Å²) in [5, 5.41) is 0. The Morgan fingerprint density at radius 1 is 1.42 bits per heavy atom. The SMILES string of the molecule is C#Cc1cccc(CCCN)c1. The van der Waals surface area contributed by atoms with Gasteiger partial charge in [-0.15, -0.1) is 6.42 Å². The Morgan fingerprint density at radius 3 is 2.92 bits per heavy atom. The molecule has 1 nitrogen and oxygen atoms in total. The molecule has 0 fully saturated rings. The van der Waals surface area contributed by atoms with Crippen LogP contribution in [-0.4, -0.2) is 6.54 Å². The highest BCUT2D eigenvalue weighted by Crippen LogP contribution is 2.05. The first-order valence-corrected chi connectivity index (χ1v) is 4.12. The second-order valence-electron chi connectivity index (χ2n) is 2.74. The molecule has 0 spiro atoms. The molecule has 0 aliphatic heterocycles. The van der Waals surface area contributed by atoms with Crippen LogP contribution in [0.1, 0.15) is 17.5 Å². The van der Waals surface area contributed by atoms with E-state index < -0.39 is 0 Å². The summed E-state index contributed by atoms with van der Waals surface area (Å²) in [7, 11) is 0. The van der Waals surface area contributed by atoms with Crippen LogP contribution in [0.2, 0.25) is 0 Å². The molecule has 1 aromatic rings. The van der Waals surface area contributed by atoms with Crippen LogP contribution in [-0.2, 0) is 6.42 Å². The van der Waals surface area contributed by atoms with E-state index in [9.17, 15) is 0 Å². The van der Waals surface area contributed by atoms with E-state index in [1.165, 1.54) is 5.56 Å². The molecule has 0 amide bonds. The number of rotatable bonds is 3. The Labute approximate surface area is 73.6 Å². The molecule has 0 aliphatic rings. The highest BCUT2D eigenvalue weighted by atomic mass is 14.5. The Morgan fingerprint density at radius 2 is 2.25 bits per heavy atom. The van der Waals surface area contributed by atoms with Crippen molar-refractivity contribution in [3.63, 3.8) is 0 Å². The summed E-state index contributed by atoms with van der Waals surface area (Å²) in [5.41, 5.74) is 7.63. The van der Waals surface area contributed by atoms with E-state index in [1.807, 2.05) is 18.2 Å². The molecular formula is C11H13N. The summed E-state index contributed by atoms with van der Waals surface area (Å²) in [6, 6.07) is 8.04. The Bertz CT molecular complexity index is 283. The lowest BCUT2D eigenvalue weighted by atomic mass is 10.1. The lowest BCUT2D eigenvalue weighted by Crippen LogP contribution is -2.00. The summed E-state index contributed by atoms with van der Waals surface area (Å²) in [6.45, 7) is 0.736. The van der Waals surface area contributed by atoms with Crippen LogP contribution in [0.3, 0.4) is 0 Å². The molecule has 0 heterocycles. The van der Waals surface area contributed by atoms with E-state index in [2.05, 4.69) is 12.0 Å². The van der Waals surface area contributed by atoms with Gasteiger partial charge in [0.2, 0.25) is 0 Å². The van der Waals surface area contributed by atoms with E-state index in [4.69, 9.17) is 12.2 Å². The van der Waals surface area contributed by atoms with Crippen LogP contribution in [0.25, 0.3) is 0 Å². The monoisotopic (exact) mass is 159 g/mol. The molecular weight excluding hydrogens is 146 g/mol. The fourth-order valence-corrected chi connectivity index (χ4v) is 1.12.